The highest BCUT2D eigenvalue weighted by atomic mass is 127. The highest BCUT2D eigenvalue weighted by Gasteiger charge is 2.19. The number of nitrogens with zero attached hydrogens (tertiary/aromatic N) is 3. The molecule has 0 unspecified atom stereocenters. The van der Waals surface area contributed by atoms with Crippen molar-refractivity contribution >= 4 is 29.9 Å². The molecule has 1 aromatic heterocycles. The fourth-order valence-corrected chi connectivity index (χ4v) is 2.84. The van der Waals surface area contributed by atoms with Gasteiger partial charge in [-0.05, 0) is 30.8 Å². The minimum Gasteiger partial charge on any atom is -0.492 e. The molecule has 174 valence electrons. The highest BCUT2D eigenvalue weighted by molar-refractivity contribution is 14.0. The monoisotopic (exact) mass is 543 g/mol. The lowest BCUT2D eigenvalue weighted by atomic mass is 9.94. The molecule has 0 spiro atoms. The summed E-state index contributed by atoms with van der Waals surface area (Å²) >= 11 is 0. The molecule has 0 atom stereocenters. The molecule has 0 radical (unpaired) electrons. The molecule has 0 saturated carbocycles. The van der Waals surface area contributed by atoms with Crippen LogP contribution >= 0.6 is 24.0 Å². The number of aromatic nitrogens is 1. The standard InChI is InChI=1S/C23H37N5O2.HI/c1-7-28(8-2)13-14-29-19-11-9-18(10-12-19)15-26-22(24-6)27-17-21-25-16-20(30-21)23(3,4)5;/h9-12,16H,7-8,13-15,17H2,1-6H3,(H2,24,26,27);1H. The zero-order valence-corrected chi connectivity index (χ0v) is 22.0. The van der Waals surface area contributed by atoms with Crippen molar-refractivity contribution in [3.05, 3.63) is 47.7 Å². The zero-order chi connectivity index (χ0) is 22.0. The van der Waals surface area contributed by atoms with Gasteiger partial charge in [0.25, 0.3) is 0 Å². The summed E-state index contributed by atoms with van der Waals surface area (Å²) in [5.74, 6) is 3.12. The first kappa shape index (κ1) is 27.2. The van der Waals surface area contributed by atoms with Gasteiger partial charge in [0, 0.05) is 25.6 Å². The third kappa shape index (κ3) is 9.47. The fraction of sp³-hybridized carbons (Fsp3) is 0.565. The number of oxazole rings is 1. The van der Waals surface area contributed by atoms with E-state index >= 15 is 0 Å². The second-order valence-electron chi connectivity index (χ2n) is 8.17. The Kier molecular flexibility index (Phi) is 11.9. The maximum Gasteiger partial charge on any atom is 0.213 e. The maximum atomic E-state index is 5.84. The Labute approximate surface area is 204 Å². The van der Waals surface area contributed by atoms with Gasteiger partial charge in [0.1, 0.15) is 18.1 Å². The summed E-state index contributed by atoms with van der Waals surface area (Å²) in [6.07, 6.45) is 1.79. The van der Waals surface area contributed by atoms with Gasteiger partial charge in [0.15, 0.2) is 5.96 Å². The van der Waals surface area contributed by atoms with E-state index in [1.807, 2.05) is 12.1 Å². The number of hydrogen-bond donors (Lipinski definition) is 2. The molecule has 2 aromatic rings. The van der Waals surface area contributed by atoms with Crippen molar-refractivity contribution in [2.45, 2.75) is 53.1 Å². The van der Waals surface area contributed by atoms with E-state index in [-0.39, 0.29) is 29.4 Å². The van der Waals surface area contributed by atoms with E-state index in [0.29, 0.717) is 31.5 Å². The minimum absolute atomic E-state index is 0. The molecule has 0 aliphatic carbocycles. The molecular weight excluding hydrogens is 505 g/mol. The highest BCUT2D eigenvalue weighted by Crippen LogP contribution is 2.22. The predicted octanol–water partition coefficient (Wildman–Crippen LogP) is 4.18. The van der Waals surface area contributed by atoms with Crippen LogP contribution in [0, 0.1) is 0 Å². The Morgan fingerprint density at radius 3 is 2.29 bits per heavy atom. The van der Waals surface area contributed by atoms with Crippen molar-refractivity contribution in [3.8, 4) is 5.75 Å². The van der Waals surface area contributed by atoms with Crippen LogP contribution in [0.5, 0.6) is 5.75 Å². The van der Waals surface area contributed by atoms with Gasteiger partial charge < -0.3 is 24.7 Å². The summed E-state index contributed by atoms with van der Waals surface area (Å²) in [4.78, 5) is 10.9. The van der Waals surface area contributed by atoms with Gasteiger partial charge in [-0.25, -0.2) is 4.98 Å². The summed E-state index contributed by atoms with van der Waals surface area (Å²) in [6.45, 7) is 15.5. The molecular formula is C23H38IN5O2. The molecule has 2 N–H and O–H groups in total. The number of ether oxygens (including phenoxy) is 1. The van der Waals surface area contributed by atoms with Crippen molar-refractivity contribution < 1.29 is 9.15 Å². The van der Waals surface area contributed by atoms with Crippen LogP contribution < -0.4 is 15.4 Å². The summed E-state index contributed by atoms with van der Waals surface area (Å²) in [5.41, 5.74) is 1.10. The number of guanidine groups is 1. The molecule has 0 aliphatic heterocycles. The lowest BCUT2D eigenvalue weighted by molar-refractivity contribution is 0.223. The van der Waals surface area contributed by atoms with Crippen LogP contribution in [0.2, 0.25) is 0 Å². The molecule has 1 aromatic carbocycles. The topological polar surface area (TPSA) is 74.9 Å². The normalized spacial score (nSPS) is 11.9. The average molecular weight is 543 g/mol. The average Bonchev–Trinajstić information content (AvgIpc) is 3.22. The molecule has 2 rings (SSSR count). The number of hydrogen-bond acceptors (Lipinski definition) is 5. The van der Waals surface area contributed by atoms with E-state index in [4.69, 9.17) is 9.15 Å². The number of aliphatic imine (C=N–C) groups is 1. The van der Waals surface area contributed by atoms with Crippen LogP contribution in [0.25, 0.3) is 0 Å². The van der Waals surface area contributed by atoms with E-state index in [0.717, 1.165) is 36.7 Å². The summed E-state index contributed by atoms with van der Waals surface area (Å²) in [6, 6.07) is 8.15. The first-order chi connectivity index (χ1) is 14.4. The summed E-state index contributed by atoms with van der Waals surface area (Å²) < 4.78 is 11.6. The molecule has 8 heteroatoms. The molecule has 0 aliphatic rings. The number of nitrogens with one attached hydrogen (secondary N) is 2. The predicted molar refractivity (Wildman–Crippen MR) is 137 cm³/mol. The Balaban J connectivity index is 0.00000480. The second-order valence-corrected chi connectivity index (χ2v) is 8.17. The van der Waals surface area contributed by atoms with Crippen LogP contribution in [0.3, 0.4) is 0 Å². The largest absolute Gasteiger partial charge is 0.492 e. The minimum atomic E-state index is -0.0492. The van der Waals surface area contributed by atoms with Crippen LogP contribution in [0.15, 0.2) is 39.9 Å². The summed E-state index contributed by atoms with van der Waals surface area (Å²) in [5, 5.41) is 6.54. The smallest absolute Gasteiger partial charge is 0.213 e. The van der Waals surface area contributed by atoms with E-state index in [1.165, 1.54) is 0 Å². The molecule has 31 heavy (non-hydrogen) atoms. The third-order valence-electron chi connectivity index (χ3n) is 4.88. The van der Waals surface area contributed by atoms with Crippen molar-refractivity contribution in [1.29, 1.82) is 0 Å². The van der Waals surface area contributed by atoms with E-state index in [2.05, 4.69) is 72.3 Å². The van der Waals surface area contributed by atoms with E-state index in [1.54, 1.807) is 13.2 Å². The SMILES string of the molecule is CCN(CC)CCOc1ccc(CNC(=NC)NCc2ncc(C(C)(C)C)o2)cc1.I. The molecule has 0 bridgehead atoms. The van der Waals surface area contributed by atoms with Gasteiger partial charge in [0.05, 0.1) is 12.7 Å². The number of likely N-dealkylation sites (N-methyl/N-ethyl adjacent to an activating group) is 1. The van der Waals surface area contributed by atoms with Gasteiger partial charge in [-0.2, -0.15) is 0 Å². The summed E-state index contributed by atoms with van der Waals surface area (Å²) in [7, 11) is 1.75. The van der Waals surface area contributed by atoms with Gasteiger partial charge in [-0.1, -0.05) is 46.8 Å². The Bertz CT molecular complexity index is 780. The van der Waals surface area contributed by atoms with Crippen LogP contribution in [-0.4, -0.2) is 49.1 Å². The van der Waals surface area contributed by atoms with Crippen molar-refractivity contribution in [3.63, 3.8) is 0 Å². The van der Waals surface area contributed by atoms with Gasteiger partial charge >= 0.3 is 0 Å². The second kappa shape index (κ2) is 13.6. The van der Waals surface area contributed by atoms with Gasteiger partial charge in [0.2, 0.25) is 5.89 Å². The zero-order valence-electron chi connectivity index (χ0n) is 19.7. The quantitative estimate of drug-likeness (QED) is 0.266. The lowest BCUT2D eigenvalue weighted by Crippen LogP contribution is -2.36. The molecule has 0 saturated heterocycles. The van der Waals surface area contributed by atoms with Gasteiger partial charge in [-0.3, -0.25) is 4.99 Å². The molecule has 0 amide bonds. The van der Waals surface area contributed by atoms with E-state index < -0.39 is 0 Å². The first-order valence-corrected chi connectivity index (χ1v) is 10.7. The van der Waals surface area contributed by atoms with Crippen LogP contribution in [0.1, 0.15) is 51.8 Å². The molecule has 0 fully saturated rings. The lowest BCUT2D eigenvalue weighted by Gasteiger charge is -2.18. The Morgan fingerprint density at radius 2 is 1.74 bits per heavy atom. The first-order valence-electron chi connectivity index (χ1n) is 10.7. The third-order valence-corrected chi connectivity index (χ3v) is 4.88. The van der Waals surface area contributed by atoms with Gasteiger partial charge in [-0.15, -0.1) is 24.0 Å². The van der Waals surface area contributed by atoms with Crippen molar-refractivity contribution in [1.82, 2.24) is 20.5 Å². The maximum absolute atomic E-state index is 5.84. The number of halogens is 1. The number of rotatable bonds is 10. The van der Waals surface area contributed by atoms with Crippen LogP contribution in [-0.2, 0) is 18.5 Å². The van der Waals surface area contributed by atoms with E-state index in [9.17, 15) is 0 Å². The molecule has 7 nitrogen and oxygen atoms in total. The Hall–Kier alpha value is -1.81. The Morgan fingerprint density at radius 1 is 1.10 bits per heavy atom. The van der Waals surface area contributed by atoms with Crippen molar-refractivity contribution in [2.75, 3.05) is 33.3 Å². The molecule has 1 heterocycles. The van der Waals surface area contributed by atoms with Crippen molar-refractivity contribution in [2.24, 2.45) is 4.99 Å². The van der Waals surface area contributed by atoms with Crippen LogP contribution in [0.4, 0.5) is 0 Å². The fourth-order valence-electron chi connectivity index (χ4n) is 2.84. The number of benzene rings is 1.